The van der Waals surface area contributed by atoms with E-state index >= 15 is 0 Å². The maximum Gasteiger partial charge on any atom is 0.0813 e. The van der Waals surface area contributed by atoms with E-state index < -0.39 is 0 Å². The standard InChI is InChI=1S/C12H11N3/c13-9-5-7-14-10-4-3-8-2-1-6-15-12(8)11(9)10/h1-4,6H,5,7,13H2. The van der Waals surface area contributed by atoms with E-state index in [2.05, 4.69) is 9.98 Å². The lowest BCUT2D eigenvalue weighted by molar-refractivity contribution is 0.928. The number of pyridine rings is 1. The first-order chi connectivity index (χ1) is 7.36. The molecular weight excluding hydrogens is 186 g/mol. The second kappa shape index (κ2) is 3.05. The van der Waals surface area contributed by atoms with Gasteiger partial charge in [0.25, 0.3) is 0 Å². The summed E-state index contributed by atoms with van der Waals surface area (Å²) in [6, 6.07) is 8.05. The predicted molar refractivity (Wildman–Crippen MR) is 59.6 cm³/mol. The Morgan fingerprint density at radius 2 is 2.13 bits per heavy atom. The fourth-order valence-corrected chi connectivity index (χ4v) is 2.00. The first-order valence-electron chi connectivity index (χ1n) is 5.03. The maximum atomic E-state index is 6.03. The molecule has 0 amide bonds. The molecule has 0 fully saturated rings. The Kier molecular flexibility index (Phi) is 1.71. The lowest BCUT2D eigenvalue weighted by Crippen LogP contribution is -2.34. The molecular formula is C12H11N3. The van der Waals surface area contributed by atoms with E-state index in [0.29, 0.717) is 0 Å². The monoisotopic (exact) mass is 197 g/mol. The van der Waals surface area contributed by atoms with Gasteiger partial charge in [0, 0.05) is 35.5 Å². The number of nitrogens with zero attached hydrogens (tertiary/aromatic N) is 2. The Hall–Kier alpha value is -1.90. The highest BCUT2D eigenvalue weighted by molar-refractivity contribution is 5.80. The molecule has 0 saturated heterocycles. The van der Waals surface area contributed by atoms with Crippen LogP contribution in [0, 0.1) is 0 Å². The first-order valence-corrected chi connectivity index (χ1v) is 5.03. The van der Waals surface area contributed by atoms with Crippen molar-refractivity contribution >= 4 is 16.6 Å². The van der Waals surface area contributed by atoms with Crippen molar-refractivity contribution in [1.29, 1.82) is 0 Å². The third-order valence-corrected chi connectivity index (χ3v) is 2.74. The van der Waals surface area contributed by atoms with Crippen LogP contribution in [-0.4, -0.2) is 11.5 Å². The second-order valence-electron chi connectivity index (χ2n) is 3.69. The molecule has 0 spiro atoms. The van der Waals surface area contributed by atoms with Gasteiger partial charge < -0.3 is 5.73 Å². The van der Waals surface area contributed by atoms with Gasteiger partial charge in [0.1, 0.15) is 0 Å². The molecule has 0 aliphatic carbocycles. The fraction of sp³-hybridized carbons (Fsp3) is 0.167. The molecule has 0 bridgehead atoms. The van der Waals surface area contributed by atoms with Gasteiger partial charge in [0.2, 0.25) is 0 Å². The quantitative estimate of drug-likeness (QED) is 0.661. The van der Waals surface area contributed by atoms with Crippen molar-refractivity contribution in [3.05, 3.63) is 41.0 Å². The number of benzene rings is 1. The van der Waals surface area contributed by atoms with Gasteiger partial charge in [-0.2, -0.15) is 0 Å². The minimum absolute atomic E-state index is 0.789. The van der Waals surface area contributed by atoms with Gasteiger partial charge in [0.05, 0.1) is 10.9 Å². The van der Waals surface area contributed by atoms with Crippen molar-refractivity contribution in [2.75, 3.05) is 6.54 Å². The van der Waals surface area contributed by atoms with Crippen LogP contribution >= 0.6 is 0 Å². The van der Waals surface area contributed by atoms with Gasteiger partial charge >= 0.3 is 0 Å². The van der Waals surface area contributed by atoms with E-state index in [9.17, 15) is 0 Å². The molecule has 1 aliphatic heterocycles. The van der Waals surface area contributed by atoms with E-state index in [1.54, 1.807) is 6.20 Å². The van der Waals surface area contributed by atoms with Crippen LogP contribution in [0.3, 0.4) is 0 Å². The highest BCUT2D eigenvalue weighted by Crippen LogP contribution is 2.05. The largest absolute Gasteiger partial charge is 0.401 e. The summed E-state index contributed by atoms with van der Waals surface area (Å²) < 4.78 is 0. The smallest absolute Gasteiger partial charge is 0.0813 e. The van der Waals surface area contributed by atoms with Crippen LogP contribution in [-0.2, 0) is 0 Å². The molecule has 0 radical (unpaired) electrons. The number of hydrogen-bond acceptors (Lipinski definition) is 3. The fourth-order valence-electron chi connectivity index (χ4n) is 2.00. The van der Waals surface area contributed by atoms with E-state index in [0.717, 1.165) is 40.1 Å². The summed E-state index contributed by atoms with van der Waals surface area (Å²) >= 11 is 0. The highest BCUT2D eigenvalue weighted by Gasteiger charge is 2.05. The van der Waals surface area contributed by atoms with Gasteiger partial charge in [-0.1, -0.05) is 12.1 Å². The van der Waals surface area contributed by atoms with E-state index in [4.69, 9.17) is 5.73 Å². The molecule has 2 heterocycles. The number of aromatic nitrogens is 1. The zero-order chi connectivity index (χ0) is 10.3. The molecule has 2 aromatic rings. The van der Waals surface area contributed by atoms with Crippen LogP contribution in [0.25, 0.3) is 16.6 Å². The van der Waals surface area contributed by atoms with Crippen molar-refractivity contribution in [2.24, 2.45) is 10.7 Å². The van der Waals surface area contributed by atoms with Crippen molar-refractivity contribution < 1.29 is 0 Å². The molecule has 3 rings (SSSR count). The highest BCUT2D eigenvalue weighted by atomic mass is 14.8. The maximum absolute atomic E-state index is 6.03. The molecule has 2 N–H and O–H groups in total. The summed E-state index contributed by atoms with van der Waals surface area (Å²) in [5.74, 6) is 0. The molecule has 3 heteroatoms. The van der Waals surface area contributed by atoms with E-state index in [1.807, 2.05) is 24.3 Å². The van der Waals surface area contributed by atoms with Crippen LogP contribution in [0.5, 0.6) is 0 Å². The summed E-state index contributed by atoms with van der Waals surface area (Å²) in [6.07, 6.45) is 2.63. The Balaban J connectivity index is 2.64. The van der Waals surface area contributed by atoms with Crippen molar-refractivity contribution in [1.82, 2.24) is 4.98 Å². The molecule has 0 atom stereocenters. The summed E-state index contributed by atoms with van der Waals surface area (Å²) in [6.45, 7) is 0.789. The summed E-state index contributed by atoms with van der Waals surface area (Å²) in [4.78, 5) is 8.84. The lowest BCUT2D eigenvalue weighted by atomic mass is 10.1. The molecule has 15 heavy (non-hydrogen) atoms. The summed E-state index contributed by atoms with van der Waals surface area (Å²) in [5, 5.41) is 3.13. The average Bonchev–Trinajstić information content (AvgIpc) is 2.29. The van der Waals surface area contributed by atoms with Gasteiger partial charge in [-0.25, -0.2) is 0 Å². The van der Waals surface area contributed by atoms with Crippen molar-refractivity contribution in [2.45, 2.75) is 6.42 Å². The van der Waals surface area contributed by atoms with Crippen molar-refractivity contribution in [3.63, 3.8) is 0 Å². The average molecular weight is 197 g/mol. The van der Waals surface area contributed by atoms with Crippen molar-refractivity contribution in [3.8, 4) is 0 Å². The van der Waals surface area contributed by atoms with Gasteiger partial charge in [-0.3, -0.25) is 9.98 Å². The SMILES string of the molecule is NC1=c2c(ccc3cccnc23)=NCC1. The van der Waals surface area contributed by atoms with Crippen LogP contribution in [0.4, 0.5) is 0 Å². The normalized spacial score (nSPS) is 14.8. The Morgan fingerprint density at radius 1 is 1.20 bits per heavy atom. The first kappa shape index (κ1) is 8.41. The van der Waals surface area contributed by atoms with Crippen LogP contribution < -0.4 is 16.3 Å². The zero-order valence-electron chi connectivity index (χ0n) is 8.27. The van der Waals surface area contributed by atoms with E-state index in [-0.39, 0.29) is 0 Å². The minimum atomic E-state index is 0.789. The lowest BCUT2D eigenvalue weighted by Gasteiger charge is -2.07. The van der Waals surface area contributed by atoms with Crippen LogP contribution in [0.2, 0.25) is 0 Å². The molecule has 1 aromatic heterocycles. The van der Waals surface area contributed by atoms with Gasteiger partial charge in [-0.05, 0) is 12.1 Å². The summed E-state index contributed by atoms with van der Waals surface area (Å²) in [5.41, 5.74) is 7.90. The minimum Gasteiger partial charge on any atom is -0.401 e. The number of nitrogens with two attached hydrogens (primary N) is 1. The molecule has 0 saturated carbocycles. The van der Waals surface area contributed by atoms with Gasteiger partial charge in [-0.15, -0.1) is 0 Å². The van der Waals surface area contributed by atoms with Crippen LogP contribution in [0.15, 0.2) is 35.5 Å². The predicted octanol–water partition coefficient (Wildman–Crippen LogP) is 0.325. The summed E-state index contributed by atoms with van der Waals surface area (Å²) in [7, 11) is 0. The number of fused-ring (bicyclic) bond motifs is 3. The molecule has 1 aromatic carbocycles. The third kappa shape index (κ3) is 1.20. The van der Waals surface area contributed by atoms with E-state index in [1.165, 1.54) is 0 Å². The number of hydrogen-bond donors (Lipinski definition) is 1. The third-order valence-electron chi connectivity index (χ3n) is 2.74. The van der Waals surface area contributed by atoms with Crippen LogP contribution in [0.1, 0.15) is 6.42 Å². The molecule has 74 valence electrons. The Bertz CT molecular complexity index is 643. The zero-order valence-corrected chi connectivity index (χ0v) is 8.27. The second-order valence-corrected chi connectivity index (χ2v) is 3.69. The molecule has 1 aliphatic rings. The molecule has 0 unspecified atom stereocenters. The molecule has 3 nitrogen and oxygen atoms in total. The topological polar surface area (TPSA) is 51.3 Å². The Morgan fingerprint density at radius 3 is 3.07 bits per heavy atom. The van der Waals surface area contributed by atoms with Gasteiger partial charge in [0.15, 0.2) is 0 Å². The Labute approximate surface area is 87.0 Å². The number of rotatable bonds is 0.